The number of epoxide rings is 1. The van der Waals surface area contributed by atoms with E-state index in [0.717, 1.165) is 13.2 Å². The first-order valence-electron chi connectivity index (χ1n) is 4.08. The SMILES string of the molecule is C1CO1.C=C.C=C.C=C.C=C.C=C.C=C. The van der Waals surface area contributed by atoms with Crippen LogP contribution in [-0.2, 0) is 4.74 Å². The van der Waals surface area contributed by atoms with Crippen LogP contribution in [0.15, 0.2) is 78.9 Å². The van der Waals surface area contributed by atoms with Gasteiger partial charge in [0, 0.05) is 0 Å². The van der Waals surface area contributed by atoms with Gasteiger partial charge in [-0.1, -0.05) is 0 Å². The Balaban J connectivity index is -0.0000000160. The predicted molar refractivity (Wildman–Crippen MR) is 78.3 cm³/mol. The van der Waals surface area contributed by atoms with Crippen molar-refractivity contribution in [1.29, 1.82) is 0 Å². The Morgan fingerprint density at radius 3 is 0.467 bits per heavy atom. The van der Waals surface area contributed by atoms with Gasteiger partial charge in [0.15, 0.2) is 0 Å². The summed E-state index contributed by atoms with van der Waals surface area (Å²) in [6.07, 6.45) is 0. The Morgan fingerprint density at radius 2 is 0.467 bits per heavy atom. The fourth-order valence-corrected chi connectivity index (χ4v) is 0. The maximum atomic E-state index is 4.50. The molecular formula is C14H28O. The van der Waals surface area contributed by atoms with Crippen molar-refractivity contribution in [3.8, 4) is 0 Å². The molecule has 1 aliphatic heterocycles. The van der Waals surface area contributed by atoms with Crippen LogP contribution in [0.4, 0.5) is 0 Å². The van der Waals surface area contributed by atoms with Gasteiger partial charge in [0.1, 0.15) is 0 Å². The molecular weight excluding hydrogens is 184 g/mol. The van der Waals surface area contributed by atoms with Gasteiger partial charge in [-0.2, -0.15) is 0 Å². The van der Waals surface area contributed by atoms with Gasteiger partial charge in [-0.15, -0.1) is 78.9 Å². The maximum Gasteiger partial charge on any atom is 0.0701 e. The van der Waals surface area contributed by atoms with Crippen molar-refractivity contribution in [3.63, 3.8) is 0 Å². The Labute approximate surface area is 97.5 Å². The highest BCUT2D eigenvalue weighted by Crippen LogP contribution is 1.84. The van der Waals surface area contributed by atoms with Gasteiger partial charge in [-0.25, -0.2) is 0 Å². The fourth-order valence-electron chi connectivity index (χ4n) is 0. The van der Waals surface area contributed by atoms with Crippen LogP contribution in [0.2, 0.25) is 0 Å². The van der Waals surface area contributed by atoms with Crippen LogP contribution in [0.1, 0.15) is 0 Å². The molecule has 1 saturated heterocycles. The van der Waals surface area contributed by atoms with Crippen molar-refractivity contribution < 1.29 is 4.74 Å². The molecule has 1 heteroatoms. The van der Waals surface area contributed by atoms with E-state index in [2.05, 4.69) is 83.7 Å². The summed E-state index contributed by atoms with van der Waals surface area (Å²) in [5.74, 6) is 0. The lowest BCUT2D eigenvalue weighted by Gasteiger charge is -1.24. The van der Waals surface area contributed by atoms with E-state index in [1.807, 2.05) is 0 Å². The third kappa shape index (κ3) is 3730. The number of hydrogen-bond acceptors (Lipinski definition) is 1. The summed E-state index contributed by atoms with van der Waals surface area (Å²) in [7, 11) is 0. The number of hydrogen-bond donors (Lipinski definition) is 0. The van der Waals surface area contributed by atoms with Gasteiger partial charge >= 0.3 is 0 Å². The van der Waals surface area contributed by atoms with Gasteiger partial charge < -0.3 is 4.74 Å². The lowest BCUT2D eigenvalue weighted by atomic mass is 11.0. The Kier molecular flexibility index (Phi) is 2060. The summed E-state index contributed by atoms with van der Waals surface area (Å²) in [5, 5.41) is 0. The van der Waals surface area contributed by atoms with E-state index in [4.69, 9.17) is 0 Å². The quantitative estimate of drug-likeness (QED) is 0.414. The van der Waals surface area contributed by atoms with Gasteiger partial charge in [-0.3, -0.25) is 0 Å². The zero-order valence-corrected chi connectivity index (χ0v) is 10.3. The van der Waals surface area contributed by atoms with E-state index in [1.165, 1.54) is 0 Å². The van der Waals surface area contributed by atoms with Crippen LogP contribution in [0, 0.1) is 0 Å². The second-order valence-corrected chi connectivity index (χ2v) is 0.612. The van der Waals surface area contributed by atoms with Gasteiger partial charge in [0.2, 0.25) is 0 Å². The smallest absolute Gasteiger partial charge is 0.0701 e. The Hall–Kier alpha value is -1.60. The normalized spacial score (nSPS) is 6.40. The van der Waals surface area contributed by atoms with E-state index in [-0.39, 0.29) is 0 Å². The average molecular weight is 212 g/mol. The summed E-state index contributed by atoms with van der Waals surface area (Å²) in [4.78, 5) is 0. The summed E-state index contributed by atoms with van der Waals surface area (Å²) in [5.41, 5.74) is 0. The minimum atomic E-state index is 1.00. The van der Waals surface area contributed by atoms with Crippen molar-refractivity contribution in [1.82, 2.24) is 0 Å². The van der Waals surface area contributed by atoms with E-state index in [1.54, 1.807) is 0 Å². The van der Waals surface area contributed by atoms with Crippen molar-refractivity contribution in [2.75, 3.05) is 13.2 Å². The monoisotopic (exact) mass is 212 g/mol. The molecule has 1 fully saturated rings. The standard InChI is InChI=1S/C2H4O.6C2H4/c1-2-3-1;6*1-2/h1-2H2;6*1-2H2. The van der Waals surface area contributed by atoms with Gasteiger partial charge in [-0.05, 0) is 0 Å². The minimum Gasteiger partial charge on any atom is -0.377 e. The topological polar surface area (TPSA) is 12.5 Å². The second kappa shape index (κ2) is 822. The molecule has 0 aromatic rings. The fraction of sp³-hybridized carbons (Fsp3) is 0.143. The summed E-state index contributed by atoms with van der Waals surface area (Å²) >= 11 is 0. The van der Waals surface area contributed by atoms with E-state index in [9.17, 15) is 0 Å². The summed E-state index contributed by atoms with van der Waals surface area (Å²) in [6, 6.07) is 0. The lowest BCUT2D eigenvalue weighted by Crippen LogP contribution is -1.20. The lowest BCUT2D eigenvalue weighted by molar-refractivity contribution is 0.475. The van der Waals surface area contributed by atoms with E-state index in [0.29, 0.717) is 0 Å². The molecule has 0 aromatic carbocycles. The van der Waals surface area contributed by atoms with Crippen LogP contribution in [-0.4, -0.2) is 13.2 Å². The van der Waals surface area contributed by atoms with Crippen LogP contribution in [0.5, 0.6) is 0 Å². The number of rotatable bonds is 0. The van der Waals surface area contributed by atoms with Crippen LogP contribution in [0.25, 0.3) is 0 Å². The molecule has 0 aliphatic carbocycles. The first-order chi connectivity index (χ1) is 7.50. The molecule has 0 aromatic heterocycles. The number of ether oxygens (including phenoxy) is 1. The Bertz CT molecular complexity index is 42.1. The van der Waals surface area contributed by atoms with Gasteiger partial charge in [0.05, 0.1) is 13.2 Å². The van der Waals surface area contributed by atoms with E-state index >= 15 is 0 Å². The molecule has 0 spiro atoms. The second-order valence-electron chi connectivity index (χ2n) is 0.612. The van der Waals surface area contributed by atoms with Crippen LogP contribution >= 0.6 is 0 Å². The third-order valence-electron chi connectivity index (χ3n) is 0.204. The highest BCUT2D eigenvalue weighted by atomic mass is 16.6. The molecule has 0 atom stereocenters. The average Bonchev–Trinajstić information content (AvgIpc) is 3.31. The molecule has 1 nitrogen and oxygen atoms in total. The van der Waals surface area contributed by atoms with Crippen LogP contribution in [0.3, 0.4) is 0 Å². The summed E-state index contributed by atoms with van der Waals surface area (Å²) < 4.78 is 4.50. The first kappa shape index (κ1) is 37.6. The molecule has 1 rings (SSSR count). The third-order valence-corrected chi connectivity index (χ3v) is 0.204. The zero-order valence-electron chi connectivity index (χ0n) is 10.3. The van der Waals surface area contributed by atoms with E-state index < -0.39 is 0 Å². The zero-order chi connectivity index (χ0) is 14.1. The predicted octanol–water partition coefficient (Wildman–Crippen LogP) is 4.83. The molecule has 0 radical (unpaired) electrons. The van der Waals surface area contributed by atoms with Crippen molar-refractivity contribution in [2.45, 2.75) is 0 Å². The highest BCUT2D eigenvalue weighted by molar-refractivity contribution is 4.36. The highest BCUT2D eigenvalue weighted by Gasteiger charge is 1.94. The molecule has 0 unspecified atom stereocenters. The molecule has 1 heterocycles. The first-order valence-corrected chi connectivity index (χ1v) is 4.08. The van der Waals surface area contributed by atoms with Crippen molar-refractivity contribution in [2.24, 2.45) is 0 Å². The molecule has 0 bridgehead atoms. The largest absolute Gasteiger partial charge is 0.377 e. The van der Waals surface area contributed by atoms with Crippen molar-refractivity contribution in [3.05, 3.63) is 78.9 Å². The van der Waals surface area contributed by atoms with Crippen molar-refractivity contribution >= 4 is 0 Å². The molecule has 15 heavy (non-hydrogen) atoms. The van der Waals surface area contributed by atoms with Gasteiger partial charge in [0.25, 0.3) is 0 Å². The van der Waals surface area contributed by atoms with Crippen LogP contribution < -0.4 is 0 Å². The molecule has 1 aliphatic rings. The molecule has 0 amide bonds. The summed E-state index contributed by atoms with van der Waals surface area (Å²) in [6.45, 7) is 38.0. The maximum absolute atomic E-state index is 4.50. The minimum absolute atomic E-state index is 1.00. The Morgan fingerprint density at radius 1 is 0.400 bits per heavy atom. The molecule has 0 N–H and O–H groups in total. The molecule has 90 valence electrons. The molecule has 0 saturated carbocycles.